The van der Waals surface area contributed by atoms with Crippen molar-refractivity contribution < 1.29 is 26.4 Å². The van der Waals surface area contributed by atoms with Crippen LogP contribution in [0.4, 0.5) is 18.0 Å². The number of hydrogen-bond acceptors (Lipinski definition) is 3. The van der Waals surface area contributed by atoms with Crippen LogP contribution in [-0.4, -0.2) is 56.4 Å². The van der Waals surface area contributed by atoms with Crippen molar-refractivity contribution in [2.45, 2.75) is 56.8 Å². The molecule has 10 heteroatoms. The summed E-state index contributed by atoms with van der Waals surface area (Å²) in [5.74, 6) is -1.28. The first kappa shape index (κ1) is 19.3. The number of hydrogen-bond donors (Lipinski definition) is 2. The summed E-state index contributed by atoms with van der Waals surface area (Å²) in [7, 11) is -3.29. The molecule has 1 aliphatic heterocycles. The van der Waals surface area contributed by atoms with Gasteiger partial charge in [-0.05, 0) is 38.5 Å². The first-order valence-corrected chi connectivity index (χ1v) is 9.99. The van der Waals surface area contributed by atoms with Gasteiger partial charge in [-0.25, -0.2) is 17.5 Å². The van der Waals surface area contributed by atoms with Gasteiger partial charge in [-0.3, -0.25) is 0 Å². The largest absolute Gasteiger partial charge is 0.391 e. The molecule has 140 valence electrons. The van der Waals surface area contributed by atoms with Crippen molar-refractivity contribution in [3.63, 3.8) is 0 Å². The maximum atomic E-state index is 12.6. The fourth-order valence-electron chi connectivity index (χ4n) is 3.34. The Bertz CT molecular complexity index is 545. The van der Waals surface area contributed by atoms with Crippen LogP contribution in [0, 0.1) is 5.92 Å². The lowest BCUT2D eigenvalue weighted by Crippen LogP contribution is -2.53. The van der Waals surface area contributed by atoms with Crippen molar-refractivity contribution in [3.05, 3.63) is 0 Å². The number of alkyl halides is 3. The molecule has 2 amide bonds. The van der Waals surface area contributed by atoms with Crippen LogP contribution in [0.1, 0.15) is 38.5 Å². The fourth-order valence-corrected chi connectivity index (χ4v) is 4.25. The Morgan fingerprint density at radius 2 is 1.62 bits per heavy atom. The third-order valence-electron chi connectivity index (χ3n) is 4.71. The first-order valence-electron chi connectivity index (χ1n) is 8.14. The highest BCUT2D eigenvalue weighted by molar-refractivity contribution is 7.88. The maximum absolute atomic E-state index is 12.6. The van der Waals surface area contributed by atoms with E-state index in [0.29, 0.717) is 32.2 Å². The number of piperidine rings is 1. The first-order chi connectivity index (χ1) is 11.1. The molecular weight excluding hydrogens is 347 g/mol. The van der Waals surface area contributed by atoms with E-state index in [1.165, 1.54) is 4.31 Å². The summed E-state index contributed by atoms with van der Waals surface area (Å²) >= 11 is 0. The number of urea groups is 1. The minimum absolute atomic E-state index is 0.0275. The van der Waals surface area contributed by atoms with Gasteiger partial charge in [0.05, 0.1) is 12.2 Å². The molecule has 1 atom stereocenters. The number of carbonyl (C=O) groups excluding carboxylic acids is 1. The number of rotatable bonds is 3. The molecule has 1 heterocycles. The lowest BCUT2D eigenvalue weighted by atomic mass is 9.85. The number of amides is 2. The average Bonchev–Trinajstić information content (AvgIpc) is 2.46. The van der Waals surface area contributed by atoms with Crippen LogP contribution in [0.3, 0.4) is 0 Å². The second-order valence-electron chi connectivity index (χ2n) is 6.67. The van der Waals surface area contributed by atoms with Crippen molar-refractivity contribution in [2.75, 3.05) is 19.3 Å². The third kappa shape index (κ3) is 5.51. The Morgan fingerprint density at radius 3 is 2.17 bits per heavy atom. The molecular formula is C14H24F3N3O3S. The van der Waals surface area contributed by atoms with Crippen molar-refractivity contribution in [1.82, 2.24) is 14.9 Å². The zero-order valence-electron chi connectivity index (χ0n) is 13.6. The molecule has 24 heavy (non-hydrogen) atoms. The molecule has 0 aromatic heterocycles. The lowest BCUT2D eigenvalue weighted by Gasteiger charge is -2.33. The molecule has 1 saturated carbocycles. The molecule has 1 saturated heterocycles. The number of nitrogens with one attached hydrogen (secondary N) is 2. The maximum Gasteiger partial charge on any atom is 0.391 e. The van der Waals surface area contributed by atoms with Gasteiger partial charge in [0.2, 0.25) is 10.0 Å². The predicted molar refractivity (Wildman–Crippen MR) is 82.9 cm³/mol. The van der Waals surface area contributed by atoms with Crippen molar-refractivity contribution in [1.29, 1.82) is 0 Å². The van der Waals surface area contributed by atoms with Crippen molar-refractivity contribution in [3.8, 4) is 0 Å². The molecule has 2 fully saturated rings. The highest BCUT2D eigenvalue weighted by Crippen LogP contribution is 2.37. The van der Waals surface area contributed by atoms with Gasteiger partial charge in [0.1, 0.15) is 0 Å². The van der Waals surface area contributed by atoms with E-state index in [4.69, 9.17) is 0 Å². The summed E-state index contributed by atoms with van der Waals surface area (Å²) in [6.07, 6.45) is -1.02. The molecule has 0 aromatic rings. The topological polar surface area (TPSA) is 78.5 Å². The zero-order chi connectivity index (χ0) is 18.0. The van der Waals surface area contributed by atoms with Crippen LogP contribution in [0.15, 0.2) is 0 Å². The Kier molecular flexibility index (Phi) is 6.00. The molecule has 1 aliphatic carbocycles. The van der Waals surface area contributed by atoms with Crippen LogP contribution >= 0.6 is 0 Å². The van der Waals surface area contributed by atoms with Gasteiger partial charge in [0.15, 0.2) is 0 Å². The molecule has 1 unspecified atom stereocenters. The fraction of sp³-hybridized carbons (Fsp3) is 0.929. The van der Waals surface area contributed by atoms with E-state index < -0.39 is 28.1 Å². The van der Waals surface area contributed by atoms with E-state index in [0.717, 1.165) is 6.26 Å². The van der Waals surface area contributed by atoms with Gasteiger partial charge in [-0.15, -0.1) is 0 Å². The Morgan fingerprint density at radius 1 is 1.04 bits per heavy atom. The van der Waals surface area contributed by atoms with Gasteiger partial charge in [-0.1, -0.05) is 0 Å². The third-order valence-corrected chi connectivity index (χ3v) is 5.98. The van der Waals surface area contributed by atoms with Gasteiger partial charge in [0, 0.05) is 25.2 Å². The van der Waals surface area contributed by atoms with E-state index >= 15 is 0 Å². The molecule has 0 aromatic carbocycles. The molecule has 0 radical (unpaired) electrons. The number of sulfonamides is 1. The Labute approximate surface area is 140 Å². The van der Waals surface area contributed by atoms with E-state index in [2.05, 4.69) is 10.6 Å². The summed E-state index contributed by atoms with van der Waals surface area (Å²) in [6.45, 7) is 0.674. The van der Waals surface area contributed by atoms with Crippen LogP contribution in [-0.2, 0) is 10.0 Å². The quantitative estimate of drug-likeness (QED) is 0.795. The normalized spacial score (nSPS) is 29.9. The zero-order valence-corrected chi connectivity index (χ0v) is 14.4. The molecule has 2 aliphatic rings. The highest BCUT2D eigenvalue weighted by atomic mass is 32.2. The van der Waals surface area contributed by atoms with Gasteiger partial charge in [0.25, 0.3) is 0 Å². The molecule has 2 rings (SSSR count). The Hall–Kier alpha value is -1.03. The molecule has 0 bridgehead atoms. The molecule has 2 N–H and O–H groups in total. The highest BCUT2D eigenvalue weighted by Gasteiger charge is 2.41. The number of nitrogens with zero attached hydrogens (tertiary/aromatic N) is 1. The Balaban J connectivity index is 1.76. The standard InChI is InChI=1S/C14H24F3N3O3S/c1-24(22,23)20-8-2-3-12(9-20)19-13(21)18-11-6-4-10(5-7-11)14(15,16)17/h10-12H,2-9H2,1H3,(H2,18,19,21). The molecule has 6 nitrogen and oxygen atoms in total. The second kappa shape index (κ2) is 7.47. The van der Waals surface area contributed by atoms with E-state index in [9.17, 15) is 26.4 Å². The summed E-state index contributed by atoms with van der Waals surface area (Å²) < 4.78 is 62.3. The van der Waals surface area contributed by atoms with Crippen molar-refractivity contribution >= 4 is 16.1 Å². The van der Waals surface area contributed by atoms with E-state index in [-0.39, 0.29) is 31.5 Å². The van der Waals surface area contributed by atoms with Crippen LogP contribution in [0.5, 0.6) is 0 Å². The van der Waals surface area contributed by atoms with E-state index in [1.54, 1.807) is 0 Å². The minimum atomic E-state index is -4.16. The van der Waals surface area contributed by atoms with Crippen LogP contribution < -0.4 is 10.6 Å². The minimum Gasteiger partial charge on any atom is -0.335 e. The van der Waals surface area contributed by atoms with E-state index in [1.807, 2.05) is 0 Å². The summed E-state index contributed by atoms with van der Waals surface area (Å²) in [6, 6.07) is -0.982. The van der Waals surface area contributed by atoms with Gasteiger partial charge < -0.3 is 10.6 Å². The average molecular weight is 371 g/mol. The number of halogens is 3. The van der Waals surface area contributed by atoms with Gasteiger partial charge in [-0.2, -0.15) is 13.2 Å². The van der Waals surface area contributed by atoms with Gasteiger partial charge >= 0.3 is 12.2 Å². The summed E-state index contributed by atoms with van der Waals surface area (Å²) in [4.78, 5) is 12.0. The van der Waals surface area contributed by atoms with Crippen molar-refractivity contribution in [2.24, 2.45) is 5.92 Å². The SMILES string of the molecule is CS(=O)(=O)N1CCCC(NC(=O)NC2CCC(C(F)(F)F)CC2)C1. The second-order valence-corrected chi connectivity index (χ2v) is 8.65. The predicted octanol–water partition coefficient (Wildman–Crippen LogP) is 1.83. The monoisotopic (exact) mass is 371 g/mol. The lowest BCUT2D eigenvalue weighted by molar-refractivity contribution is -0.182. The number of carbonyl (C=O) groups is 1. The smallest absolute Gasteiger partial charge is 0.335 e. The summed E-state index contributed by atoms with van der Waals surface area (Å²) in [5, 5.41) is 5.44. The summed E-state index contributed by atoms with van der Waals surface area (Å²) in [5.41, 5.74) is 0. The van der Waals surface area contributed by atoms with Crippen LogP contribution in [0.25, 0.3) is 0 Å². The van der Waals surface area contributed by atoms with Crippen LogP contribution in [0.2, 0.25) is 0 Å². The molecule has 0 spiro atoms.